The predicted octanol–water partition coefficient (Wildman–Crippen LogP) is 2.17. The van der Waals surface area contributed by atoms with E-state index in [2.05, 4.69) is 0 Å². The van der Waals surface area contributed by atoms with E-state index in [1.807, 2.05) is 0 Å². The summed E-state index contributed by atoms with van der Waals surface area (Å²) in [6.45, 7) is 5.29. The molecule has 0 radical (unpaired) electrons. The van der Waals surface area contributed by atoms with E-state index in [1.165, 1.54) is 18.2 Å². The first-order valence-corrected chi connectivity index (χ1v) is 8.40. The first-order valence-electron chi connectivity index (χ1n) is 8.02. The van der Waals surface area contributed by atoms with Crippen LogP contribution >= 0.6 is 11.6 Å². The third-order valence-corrected chi connectivity index (χ3v) is 4.44. The number of halogens is 2. The topological polar surface area (TPSA) is 60.9 Å². The molecule has 1 saturated heterocycles. The number of benzene rings is 1. The molecule has 1 unspecified atom stereocenters. The first kappa shape index (κ1) is 18.7. The number of hydrogen-bond donors (Lipinski definition) is 1. The highest BCUT2D eigenvalue weighted by Crippen LogP contribution is 2.18. The second-order valence-electron chi connectivity index (χ2n) is 6.29. The van der Waals surface area contributed by atoms with E-state index in [9.17, 15) is 19.1 Å². The highest BCUT2D eigenvalue weighted by Gasteiger charge is 2.28. The third-order valence-electron chi connectivity index (χ3n) is 4.15. The zero-order valence-electron chi connectivity index (χ0n) is 13.8. The number of aliphatic hydroxyl groups excluding tert-OH is 1. The molecule has 132 valence electrons. The Hall–Kier alpha value is -1.66. The minimum Gasteiger partial charge on any atom is -0.383 e. The maximum Gasteiger partial charge on any atom is 0.253 e. The lowest BCUT2D eigenvalue weighted by Crippen LogP contribution is -2.43. The van der Waals surface area contributed by atoms with Crippen LogP contribution in [-0.2, 0) is 4.79 Å². The molecule has 0 saturated carbocycles. The fourth-order valence-corrected chi connectivity index (χ4v) is 2.81. The normalized spacial score (nSPS) is 16.9. The van der Waals surface area contributed by atoms with Gasteiger partial charge in [-0.15, -0.1) is 0 Å². The fraction of sp³-hybridized carbons (Fsp3) is 0.529. The SMILES string of the molecule is CC(C)C(O)C(=O)N1CCCN(C(=O)c2ccc(F)c(Cl)c2)CC1. The number of amides is 2. The van der Waals surface area contributed by atoms with Crippen LogP contribution in [0.4, 0.5) is 4.39 Å². The summed E-state index contributed by atoms with van der Waals surface area (Å²) in [5.74, 6) is -1.26. The van der Waals surface area contributed by atoms with Crippen LogP contribution in [0.25, 0.3) is 0 Å². The van der Waals surface area contributed by atoms with Gasteiger partial charge in [0.05, 0.1) is 5.02 Å². The average molecular weight is 357 g/mol. The van der Waals surface area contributed by atoms with Gasteiger partial charge in [-0.05, 0) is 30.5 Å². The molecule has 1 aliphatic heterocycles. The summed E-state index contributed by atoms with van der Waals surface area (Å²) in [5, 5.41) is 9.84. The molecular formula is C17H22ClFN2O3. The van der Waals surface area contributed by atoms with Crippen LogP contribution in [0.3, 0.4) is 0 Å². The zero-order chi connectivity index (χ0) is 17.9. The van der Waals surface area contributed by atoms with E-state index in [4.69, 9.17) is 11.6 Å². The third kappa shape index (κ3) is 4.24. The Morgan fingerprint density at radius 3 is 2.42 bits per heavy atom. The van der Waals surface area contributed by atoms with Gasteiger partial charge in [0.1, 0.15) is 11.9 Å². The monoisotopic (exact) mass is 356 g/mol. The first-order chi connectivity index (χ1) is 11.3. The van der Waals surface area contributed by atoms with Gasteiger partial charge in [0.15, 0.2) is 0 Å². The summed E-state index contributed by atoms with van der Waals surface area (Å²) in [4.78, 5) is 28.0. The Kier molecular flexibility index (Phi) is 6.18. The van der Waals surface area contributed by atoms with Gasteiger partial charge >= 0.3 is 0 Å². The molecule has 0 aromatic heterocycles. The van der Waals surface area contributed by atoms with Crippen molar-refractivity contribution in [1.29, 1.82) is 0 Å². The second kappa shape index (κ2) is 7.94. The van der Waals surface area contributed by atoms with Gasteiger partial charge in [-0.1, -0.05) is 25.4 Å². The Bertz CT molecular complexity index is 624. The van der Waals surface area contributed by atoms with Crippen molar-refractivity contribution in [3.05, 3.63) is 34.6 Å². The molecule has 2 amide bonds. The van der Waals surface area contributed by atoms with Crippen LogP contribution < -0.4 is 0 Å². The molecule has 0 bridgehead atoms. The summed E-state index contributed by atoms with van der Waals surface area (Å²) < 4.78 is 13.2. The molecule has 1 aromatic carbocycles. The van der Waals surface area contributed by atoms with Crippen LogP contribution in [-0.4, -0.2) is 59.0 Å². The molecule has 0 aliphatic carbocycles. The van der Waals surface area contributed by atoms with Gasteiger partial charge in [-0.2, -0.15) is 0 Å². The number of carbonyl (C=O) groups is 2. The highest BCUT2D eigenvalue weighted by atomic mass is 35.5. The van der Waals surface area contributed by atoms with Gasteiger partial charge < -0.3 is 14.9 Å². The maximum atomic E-state index is 13.2. The van der Waals surface area contributed by atoms with Crippen molar-refractivity contribution in [2.24, 2.45) is 5.92 Å². The standard InChI is InChI=1S/C17H22ClFN2O3/c1-11(2)15(22)17(24)21-7-3-6-20(8-9-21)16(23)12-4-5-14(19)13(18)10-12/h4-5,10-11,15,22H,3,6-9H2,1-2H3. The van der Waals surface area contributed by atoms with Crippen LogP contribution in [0, 0.1) is 11.7 Å². The number of nitrogens with zero attached hydrogens (tertiary/aromatic N) is 2. The molecule has 0 spiro atoms. The van der Waals surface area contributed by atoms with Gasteiger partial charge in [-0.3, -0.25) is 9.59 Å². The number of carbonyl (C=O) groups excluding carboxylic acids is 2. The second-order valence-corrected chi connectivity index (χ2v) is 6.70. The van der Waals surface area contributed by atoms with Crippen molar-refractivity contribution in [2.45, 2.75) is 26.4 Å². The van der Waals surface area contributed by atoms with Crippen LogP contribution in [0.2, 0.25) is 5.02 Å². The number of hydrogen-bond acceptors (Lipinski definition) is 3. The maximum absolute atomic E-state index is 13.2. The van der Waals surface area contributed by atoms with Gasteiger partial charge in [0.2, 0.25) is 0 Å². The predicted molar refractivity (Wildman–Crippen MR) is 89.4 cm³/mol. The van der Waals surface area contributed by atoms with Gasteiger partial charge in [-0.25, -0.2) is 4.39 Å². The lowest BCUT2D eigenvalue weighted by atomic mass is 10.1. The lowest BCUT2D eigenvalue weighted by Gasteiger charge is -2.25. The Labute approximate surface area is 146 Å². The summed E-state index contributed by atoms with van der Waals surface area (Å²) >= 11 is 5.73. The van der Waals surface area contributed by atoms with E-state index in [-0.39, 0.29) is 22.8 Å². The summed E-state index contributed by atoms with van der Waals surface area (Å²) in [6.07, 6.45) is -0.403. The molecule has 5 nitrogen and oxygen atoms in total. The summed E-state index contributed by atoms with van der Waals surface area (Å²) in [6, 6.07) is 3.89. The average Bonchev–Trinajstić information content (AvgIpc) is 2.81. The molecule has 1 aliphatic rings. The summed E-state index contributed by atoms with van der Waals surface area (Å²) in [5.41, 5.74) is 0.323. The van der Waals surface area contributed by atoms with Crippen molar-refractivity contribution in [1.82, 2.24) is 9.80 Å². The van der Waals surface area contributed by atoms with E-state index < -0.39 is 11.9 Å². The fourth-order valence-electron chi connectivity index (χ4n) is 2.62. The molecule has 1 aromatic rings. The van der Waals surface area contributed by atoms with Gasteiger partial charge in [0, 0.05) is 31.7 Å². The van der Waals surface area contributed by atoms with Crippen molar-refractivity contribution < 1.29 is 19.1 Å². The lowest BCUT2D eigenvalue weighted by molar-refractivity contribution is -0.142. The van der Waals surface area contributed by atoms with Crippen LogP contribution in [0.5, 0.6) is 0 Å². The molecule has 1 heterocycles. The van der Waals surface area contributed by atoms with Crippen molar-refractivity contribution >= 4 is 23.4 Å². The molecule has 7 heteroatoms. The quantitative estimate of drug-likeness (QED) is 0.903. The molecule has 1 atom stereocenters. The van der Waals surface area contributed by atoms with Crippen molar-refractivity contribution in [3.8, 4) is 0 Å². The minimum atomic E-state index is -1.02. The zero-order valence-corrected chi connectivity index (χ0v) is 14.6. The molecular weight excluding hydrogens is 335 g/mol. The van der Waals surface area contributed by atoms with Crippen molar-refractivity contribution in [3.63, 3.8) is 0 Å². The van der Waals surface area contributed by atoms with E-state index >= 15 is 0 Å². The molecule has 2 rings (SSSR count). The molecule has 1 N–H and O–H groups in total. The molecule has 24 heavy (non-hydrogen) atoms. The Morgan fingerprint density at radius 1 is 1.17 bits per heavy atom. The van der Waals surface area contributed by atoms with E-state index in [1.54, 1.807) is 23.6 Å². The van der Waals surface area contributed by atoms with E-state index in [0.29, 0.717) is 38.2 Å². The Balaban J connectivity index is 2.03. The van der Waals surface area contributed by atoms with Crippen LogP contribution in [0.1, 0.15) is 30.6 Å². The minimum absolute atomic E-state index is 0.0902. The molecule has 1 fully saturated rings. The summed E-state index contributed by atoms with van der Waals surface area (Å²) in [7, 11) is 0. The van der Waals surface area contributed by atoms with E-state index in [0.717, 1.165) is 0 Å². The Morgan fingerprint density at radius 2 is 1.79 bits per heavy atom. The number of aliphatic hydroxyl groups is 1. The highest BCUT2D eigenvalue weighted by molar-refractivity contribution is 6.31. The van der Waals surface area contributed by atoms with Crippen molar-refractivity contribution in [2.75, 3.05) is 26.2 Å². The van der Waals surface area contributed by atoms with Gasteiger partial charge in [0.25, 0.3) is 11.8 Å². The number of rotatable bonds is 3. The largest absolute Gasteiger partial charge is 0.383 e. The smallest absolute Gasteiger partial charge is 0.253 e. The van der Waals surface area contributed by atoms with Crippen LogP contribution in [0.15, 0.2) is 18.2 Å².